The summed E-state index contributed by atoms with van der Waals surface area (Å²) in [6, 6.07) is 7.32. The van der Waals surface area contributed by atoms with E-state index in [4.69, 9.17) is 23.2 Å². The molecule has 0 aromatic heterocycles. The predicted octanol–water partition coefficient (Wildman–Crippen LogP) is 3.68. The molecule has 3 nitrogen and oxygen atoms in total. The van der Waals surface area contributed by atoms with Crippen LogP contribution in [0.5, 0.6) is 0 Å². The lowest BCUT2D eigenvalue weighted by Gasteiger charge is -2.26. The van der Waals surface area contributed by atoms with Crippen molar-refractivity contribution in [3.8, 4) is 0 Å². The molecule has 112 valence electrons. The first-order valence-electron chi connectivity index (χ1n) is 6.75. The van der Waals surface area contributed by atoms with Crippen molar-refractivity contribution in [3.63, 3.8) is 0 Å². The second kappa shape index (κ2) is 6.65. The Kier molecular flexibility index (Phi) is 5.35. The molecule has 2 rings (SSSR count). The van der Waals surface area contributed by atoms with E-state index in [1.165, 1.54) is 0 Å². The van der Waals surface area contributed by atoms with Crippen molar-refractivity contribution in [1.29, 1.82) is 0 Å². The molecule has 1 aromatic carbocycles. The summed E-state index contributed by atoms with van der Waals surface area (Å²) in [5.41, 5.74) is 0.897. The maximum Gasteiger partial charge on any atom is 0.214 e. The molecular formula is C14H19Cl2NO2S. The average Bonchev–Trinajstić information content (AvgIpc) is 2.88. The Morgan fingerprint density at radius 1 is 1.40 bits per heavy atom. The number of hydrogen-bond donors (Lipinski definition) is 0. The summed E-state index contributed by atoms with van der Waals surface area (Å²) in [6.45, 7) is 2.42. The van der Waals surface area contributed by atoms with Crippen LogP contribution >= 0.6 is 23.2 Å². The van der Waals surface area contributed by atoms with E-state index < -0.39 is 10.0 Å². The van der Waals surface area contributed by atoms with Gasteiger partial charge < -0.3 is 0 Å². The van der Waals surface area contributed by atoms with E-state index >= 15 is 0 Å². The van der Waals surface area contributed by atoms with Gasteiger partial charge in [0.2, 0.25) is 10.0 Å². The molecule has 0 spiro atoms. The molecule has 1 aliphatic rings. The molecule has 6 heteroatoms. The number of alkyl halides is 1. The van der Waals surface area contributed by atoms with Crippen LogP contribution in [0.1, 0.15) is 31.4 Å². The zero-order valence-electron chi connectivity index (χ0n) is 11.4. The van der Waals surface area contributed by atoms with Crippen LogP contribution in [0, 0.1) is 5.92 Å². The number of rotatable bonds is 5. The number of benzene rings is 1. The summed E-state index contributed by atoms with van der Waals surface area (Å²) < 4.78 is 26.6. The second-order valence-corrected chi connectivity index (χ2v) is 8.01. The molecule has 0 saturated carbocycles. The second-order valence-electron chi connectivity index (χ2n) is 5.33. The van der Waals surface area contributed by atoms with Crippen LogP contribution in [-0.4, -0.2) is 30.9 Å². The van der Waals surface area contributed by atoms with E-state index in [0.29, 0.717) is 17.4 Å². The monoisotopic (exact) mass is 335 g/mol. The van der Waals surface area contributed by atoms with Gasteiger partial charge in [-0.25, -0.2) is 8.42 Å². The van der Waals surface area contributed by atoms with Crippen molar-refractivity contribution in [3.05, 3.63) is 34.9 Å². The van der Waals surface area contributed by atoms with Crippen LogP contribution in [0.3, 0.4) is 0 Å². The van der Waals surface area contributed by atoms with Gasteiger partial charge in [-0.15, -0.1) is 11.6 Å². The minimum atomic E-state index is -3.30. The fourth-order valence-corrected chi connectivity index (χ4v) is 5.17. The highest BCUT2D eigenvalue weighted by atomic mass is 35.5. The molecule has 1 fully saturated rings. The Morgan fingerprint density at radius 2 is 2.10 bits per heavy atom. The van der Waals surface area contributed by atoms with E-state index in [1.807, 2.05) is 25.1 Å². The fourth-order valence-electron chi connectivity index (χ4n) is 2.63. The van der Waals surface area contributed by atoms with Gasteiger partial charge in [-0.2, -0.15) is 4.31 Å². The molecule has 1 saturated heterocycles. The predicted molar refractivity (Wildman–Crippen MR) is 83.8 cm³/mol. The van der Waals surface area contributed by atoms with Gasteiger partial charge in [-0.1, -0.05) is 36.7 Å². The minimum Gasteiger partial charge on any atom is -0.212 e. The van der Waals surface area contributed by atoms with Gasteiger partial charge in [-0.05, 0) is 30.4 Å². The van der Waals surface area contributed by atoms with Gasteiger partial charge in [0.05, 0.1) is 11.8 Å². The van der Waals surface area contributed by atoms with E-state index in [2.05, 4.69) is 0 Å². The van der Waals surface area contributed by atoms with E-state index in [1.54, 1.807) is 10.4 Å². The quantitative estimate of drug-likeness (QED) is 0.769. The third-order valence-corrected chi connectivity index (χ3v) is 6.60. The SMILES string of the molecule is CC(CCl)CS(=O)(=O)N1CCCC1c1ccccc1Cl. The van der Waals surface area contributed by atoms with Crippen molar-refractivity contribution < 1.29 is 8.42 Å². The van der Waals surface area contributed by atoms with Gasteiger partial charge in [0.15, 0.2) is 0 Å². The third-order valence-electron chi connectivity index (χ3n) is 3.58. The zero-order chi connectivity index (χ0) is 14.8. The average molecular weight is 336 g/mol. The maximum atomic E-state index is 12.5. The Hall–Kier alpha value is -0.290. The summed E-state index contributed by atoms with van der Waals surface area (Å²) in [4.78, 5) is 0. The molecule has 0 bridgehead atoms. The van der Waals surface area contributed by atoms with Crippen LogP contribution in [0.25, 0.3) is 0 Å². The van der Waals surface area contributed by atoms with Gasteiger partial charge in [0.1, 0.15) is 0 Å². The van der Waals surface area contributed by atoms with Crippen LogP contribution in [0.15, 0.2) is 24.3 Å². The standard InChI is InChI=1S/C14H19Cl2NO2S/c1-11(9-15)10-20(18,19)17-8-4-7-14(17)12-5-2-3-6-13(12)16/h2-3,5-6,11,14H,4,7-10H2,1H3. The van der Waals surface area contributed by atoms with Crippen molar-refractivity contribution >= 4 is 33.2 Å². The molecule has 2 atom stereocenters. The summed E-state index contributed by atoms with van der Waals surface area (Å²) >= 11 is 11.9. The smallest absolute Gasteiger partial charge is 0.212 e. The third kappa shape index (κ3) is 3.48. The largest absolute Gasteiger partial charge is 0.214 e. The van der Waals surface area contributed by atoms with Crippen LogP contribution in [-0.2, 0) is 10.0 Å². The molecule has 0 N–H and O–H groups in total. The lowest BCUT2D eigenvalue weighted by Crippen LogP contribution is -2.34. The highest BCUT2D eigenvalue weighted by Crippen LogP contribution is 2.37. The van der Waals surface area contributed by atoms with Crippen molar-refractivity contribution in [2.24, 2.45) is 5.92 Å². The maximum absolute atomic E-state index is 12.5. The summed E-state index contributed by atoms with van der Waals surface area (Å²) in [7, 11) is -3.30. The lowest BCUT2D eigenvalue weighted by molar-refractivity contribution is 0.393. The highest BCUT2D eigenvalue weighted by Gasteiger charge is 2.36. The van der Waals surface area contributed by atoms with Crippen LogP contribution in [0.2, 0.25) is 5.02 Å². The molecule has 0 amide bonds. The number of hydrogen-bond acceptors (Lipinski definition) is 2. The Balaban J connectivity index is 2.26. The fraction of sp³-hybridized carbons (Fsp3) is 0.571. The van der Waals surface area contributed by atoms with Crippen LogP contribution < -0.4 is 0 Å². The molecule has 1 aliphatic heterocycles. The molecule has 20 heavy (non-hydrogen) atoms. The van der Waals surface area contributed by atoms with Gasteiger partial charge in [0, 0.05) is 17.4 Å². The van der Waals surface area contributed by atoms with Gasteiger partial charge >= 0.3 is 0 Å². The lowest BCUT2D eigenvalue weighted by atomic mass is 10.1. The Bertz CT molecular complexity index is 562. The number of halogens is 2. The van der Waals surface area contributed by atoms with E-state index in [-0.39, 0.29) is 17.7 Å². The van der Waals surface area contributed by atoms with E-state index in [9.17, 15) is 8.42 Å². The first kappa shape index (κ1) is 16.1. The minimum absolute atomic E-state index is 0.0471. The number of sulfonamides is 1. The molecule has 2 unspecified atom stereocenters. The normalized spacial score (nSPS) is 22.1. The Labute approximate surface area is 130 Å². The molecular weight excluding hydrogens is 317 g/mol. The summed E-state index contributed by atoms with van der Waals surface area (Å²) in [5, 5.41) is 0.630. The molecule has 0 radical (unpaired) electrons. The molecule has 1 heterocycles. The number of nitrogens with zero attached hydrogens (tertiary/aromatic N) is 1. The van der Waals surface area contributed by atoms with Gasteiger partial charge in [-0.3, -0.25) is 0 Å². The molecule has 0 aliphatic carbocycles. The van der Waals surface area contributed by atoms with Crippen molar-refractivity contribution in [1.82, 2.24) is 4.31 Å². The molecule has 1 aromatic rings. The zero-order valence-corrected chi connectivity index (χ0v) is 13.8. The summed E-state index contributed by atoms with van der Waals surface area (Å²) in [6.07, 6.45) is 1.68. The topological polar surface area (TPSA) is 37.4 Å². The van der Waals surface area contributed by atoms with E-state index in [0.717, 1.165) is 18.4 Å². The highest BCUT2D eigenvalue weighted by molar-refractivity contribution is 7.89. The van der Waals surface area contributed by atoms with Gasteiger partial charge in [0.25, 0.3) is 0 Å². The first-order valence-corrected chi connectivity index (χ1v) is 9.28. The Morgan fingerprint density at radius 3 is 2.75 bits per heavy atom. The van der Waals surface area contributed by atoms with Crippen molar-refractivity contribution in [2.75, 3.05) is 18.2 Å². The first-order chi connectivity index (χ1) is 9.45. The summed E-state index contributed by atoms with van der Waals surface area (Å²) in [5.74, 6) is 0.399. The van der Waals surface area contributed by atoms with Crippen molar-refractivity contribution in [2.45, 2.75) is 25.8 Å². The van der Waals surface area contributed by atoms with Crippen LogP contribution in [0.4, 0.5) is 0 Å².